The van der Waals surface area contributed by atoms with Crippen LogP contribution in [0.25, 0.3) is 4.96 Å². The number of halogens is 1. The zero-order valence-electron chi connectivity index (χ0n) is 5.58. The Labute approximate surface area is 74.6 Å². The molecular weight excluding hydrogens is 230 g/mol. The van der Waals surface area contributed by atoms with Gasteiger partial charge >= 0.3 is 6.01 Å². The van der Waals surface area contributed by atoms with Gasteiger partial charge in [0.05, 0.1) is 0 Å². The van der Waals surface area contributed by atoms with E-state index in [1.165, 1.54) is 11.3 Å². The quantitative estimate of drug-likeness (QED) is 0.752. The summed E-state index contributed by atoms with van der Waals surface area (Å²) in [4.78, 5) is 5.59. The molecule has 0 radical (unpaired) electrons. The van der Waals surface area contributed by atoms with E-state index >= 15 is 0 Å². The maximum atomic E-state index is 8.90. The van der Waals surface area contributed by atoms with E-state index < -0.39 is 0 Å². The van der Waals surface area contributed by atoms with Crippen LogP contribution in [0.1, 0.15) is 4.88 Å². The lowest BCUT2D eigenvalue weighted by atomic mass is 10.6. The van der Waals surface area contributed by atoms with E-state index in [0.717, 1.165) is 9.48 Å². The molecule has 0 aromatic carbocycles. The predicted molar refractivity (Wildman–Crippen MR) is 45.0 cm³/mol. The summed E-state index contributed by atoms with van der Waals surface area (Å²) in [5.41, 5.74) is 0. The average Bonchev–Trinajstić information content (AvgIpc) is 2.37. The highest BCUT2D eigenvalue weighted by atomic mass is 79.9. The van der Waals surface area contributed by atoms with Crippen LogP contribution in [0.3, 0.4) is 0 Å². The number of aromatic hydroxyl groups is 1. The minimum Gasteiger partial charge on any atom is -0.478 e. The molecule has 0 aliphatic heterocycles. The number of rotatable bonds is 0. The smallest absolute Gasteiger partial charge is 0.334 e. The van der Waals surface area contributed by atoms with Gasteiger partial charge in [-0.1, -0.05) is 11.3 Å². The molecule has 0 aliphatic carbocycles. The molecule has 0 unspecified atom stereocenters. The molecule has 4 nitrogen and oxygen atoms in total. The summed E-state index contributed by atoms with van der Waals surface area (Å²) in [6.07, 6.45) is 0. The molecule has 2 rings (SSSR count). The van der Waals surface area contributed by atoms with Gasteiger partial charge in [0.25, 0.3) is 0 Å². The summed E-state index contributed by atoms with van der Waals surface area (Å²) in [7, 11) is 0. The summed E-state index contributed by atoms with van der Waals surface area (Å²) in [6.45, 7) is 1.96. The average molecular weight is 234 g/mol. The molecule has 58 valence electrons. The van der Waals surface area contributed by atoms with Crippen LogP contribution in [0.4, 0.5) is 0 Å². The van der Waals surface area contributed by atoms with Crippen LogP contribution in [-0.2, 0) is 0 Å². The first kappa shape index (κ1) is 7.05. The van der Waals surface area contributed by atoms with Gasteiger partial charge in [0.2, 0.25) is 4.96 Å². The van der Waals surface area contributed by atoms with E-state index in [2.05, 4.69) is 26.0 Å². The van der Waals surface area contributed by atoms with E-state index in [1.807, 2.05) is 6.92 Å². The van der Waals surface area contributed by atoms with Crippen molar-refractivity contribution in [3.05, 3.63) is 9.48 Å². The number of aryl methyl sites for hydroxylation is 1. The number of fused-ring (bicyclic) bond motifs is 1. The summed E-state index contributed by atoms with van der Waals surface area (Å²) in [6, 6.07) is -0.183. The third-order valence-electron chi connectivity index (χ3n) is 1.29. The minimum atomic E-state index is -0.183. The van der Waals surface area contributed by atoms with Gasteiger partial charge < -0.3 is 5.11 Å². The summed E-state index contributed by atoms with van der Waals surface area (Å²) >= 11 is 4.81. The van der Waals surface area contributed by atoms with Gasteiger partial charge in [-0.15, -0.1) is 5.10 Å². The lowest BCUT2D eigenvalue weighted by Gasteiger charge is -1.83. The Bertz CT molecular complexity index is 407. The van der Waals surface area contributed by atoms with E-state index in [4.69, 9.17) is 5.11 Å². The van der Waals surface area contributed by atoms with Crippen molar-refractivity contribution in [3.63, 3.8) is 0 Å². The van der Waals surface area contributed by atoms with Gasteiger partial charge in [-0.25, -0.2) is 0 Å². The third kappa shape index (κ3) is 0.935. The number of thiazole rings is 1. The maximum Gasteiger partial charge on any atom is 0.334 e. The fourth-order valence-electron chi connectivity index (χ4n) is 0.810. The highest BCUT2D eigenvalue weighted by Crippen LogP contribution is 2.26. The van der Waals surface area contributed by atoms with Gasteiger partial charge in [-0.3, -0.25) is 0 Å². The molecule has 2 aromatic heterocycles. The second-order valence-electron chi connectivity index (χ2n) is 2.06. The Morgan fingerprint density at radius 3 is 3.00 bits per heavy atom. The first-order valence-electron chi connectivity index (χ1n) is 2.89. The summed E-state index contributed by atoms with van der Waals surface area (Å²) < 4.78 is 2.42. The van der Waals surface area contributed by atoms with Crippen LogP contribution < -0.4 is 0 Å². The second-order valence-corrected chi connectivity index (χ2v) is 3.99. The fraction of sp³-hybridized carbons (Fsp3) is 0.200. The van der Waals surface area contributed by atoms with Crippen molar-refractivity contribution in [2.75, 3.05) is 0 Å². The Kier molecular flexibility index (Phi) is 1.40. The van der Waals surface area contributed by atoms with E-state index in [1.54, 1.807) is 4.52 Å². The summed E-state index contributed by atoms with van der Waals surface area (Å²) in [5.74, 6) is 0. The minimum absolute atomic E-state index is 0.183. The normalized spacial score (nSPS) is 11.1. The van der Waals surface area contributed by atoms with Gasteiger partial charge in [-0.2, -0.15) is 9.50 Å². The van der Waals surface area contributed by atoms with Crippen LogP contribution in [-0.4, -0.2) is 19.7 Å². The Morgan fingerprint density at radius 2 is 2.36 bits per heavy atom. The second kappa shape index (κ2) is 2.18. The molecule has 0 fully saturated rings. The Balaban J connectivity index is 2.88. The first-order chi connectivity index (χ1) is 5.18. The van der Waals surface area contributed by atoms with Crippen molar-refractivity contribution in [1.29, 1.82) is 0 Å². The van der Waals surface area contributed by atoms with Gasteiger partial charge in [0.15, 0.2) is 0 Å². The monoisotopic (exact) mass is 233 g/mol. The Hall–Kier alpha value is -0.620. The predicted octanol–water partition coefficient (Wildman–Crippen LogP) is 1.57. The van der Waals surface area contributed by atoms with Crippen molar-refractivity contribution in [1.82, 2.24) is 14.6 Å². The van der Waals surface area contributed by atoms with Crippen LogP contribution in [0.2, 0.25) is 0 Å². The molecule has 0 bridgehead atoms. The molecule has 6 heteroatoms. The van der Waals surface area contributed by atoms with Crippen molar-refractivity contribution < 1.29 is 5.11 Å². The molecular formula is C5H4BrN3OS. The topological polar surface area (TPSA) is 50.4 Å². The van der Waals surface area contributed by atoms with Crippen LogP contribution in [0, 0.1) is 6.92 Å². The van der Waals surface area contributed by atoms with E-state index in [0.29, 0.717) is 4.96 Å². The van der Waals surface area contributed by atoms with Gasteiger partial charge in [0, 0.05) is 4.88 Å². The SMILES string of the molecule is Cc1sc2nc(O)nn2c1Br. The Morgan fingerprint density at radius 1 is 1.64 bits per heavy atom. The molecule has 0 saturated carbocycles. The number of hydrogen-bond donors (Lipinski definition) is 1. The number of aromatic nitrogens is 3. The van der Waals surface area contributed by atoms with Gasteiger partial charge in [0.1, 0.15) is 4.60 Å². The largest absolute Gasteiger partial charge is 0.478 e. The molecule has 11 heavy (non-hydrogen) atoms. The number of hydrogen-bond acceptors (Lipinski definition) is 4. The maximum absolute atomic E-state index is 8.90. The molecule has 0 aliphatic rings. The molecule has 0 saturated heterocycles. The lowest BCUT2D eigenvalue weighted by molar-refractivity contribution is 0.431. The lowest BCUT2D eigenvalue weighted by Crippen LogP contribution is -1.81. The highest BCUT2D eigenvalue weighted by Gasteiger charge is 2.09. The van der Waals surface area contributed by atoms with Crippen LogP contribution >= 0.6 is 27.3 Å². The van der Waals surface area contributed by atoms with E-state index in [-0.39, 0.29) is 6.01 Å². The third-order valence-corrected chi connectivity index (χ3v) is 3.43. The molecule has 0 amide bonds. The zero-order valence-corrected chi connectivity index (χ0v) is 7.98. The van der Waals surface area contributed by atoms with Crippen LogP contribution in [0.5, 0.6) is 6.01 Å². The van der Waals surface area contributed by atoms with Crippen molar-refractivity contribution in [2.24, 2.45) is 0 Å². The molecule has 0 spiro atoms. The molecule has 2 heterocycles. The van der Waals surface area contributed by atoms with E-state index in [9.17, 15) is 0 Å². The van der Waals surface area contributed by atoms with Crippen molar-refractivity contribution in [3.8, 4) is 6.01 Å². The fourth-order valence-corrected chi connectivity index (χ4v) is 2.21. The van der Waals surface area contributed by atoms with Crippen molar-refractivity contribution in [2.45, 2.75) is 6.92 Å². The molecule has 2 aromatic rings. The summed E-state index contributed by atoms with van der Waals surface area (Å²) in [5, 5.41) is 12.7. The first-order valence-corrected chi connectivity index (χ1v) is 4.50. The van der Waals surface area contributed by atoms with Crippen LogP contribution in [0.15, 0.2) is 4.60 Å². The molecule has 1 N–H and O–H groups in total. The highest BCUT2D eigenvalue weighted by molar-refractivity contribution is 9.10. The van der Waals surface area contributed by atoms with Crippen molar-refractivity contribution >= 4 is 32.2 Å². The zero-order chi connectivity index (χ0) is 8.01. The number of nitrogens with zero attached hydrogens (tertiary/aromatic N) is 3. The standard InChI is InChI=1S/C5H4BrN3OS/c1-2-3(6)9-5(11-2)7-4(10)8-9/h1H3,(H,8,10). The molecule has 0 atom stereocenters. The van der Waals surface area contributed by atoms with Gasteiger partial charge in [-0.05, 0) is 22.9 Å².